The Morgan fingerprint density at radius 1 is 1.69 bits per heavy atom. The minimum absolute atomic E-state index is 0.122. The molecule has 0 bridgehead atoms. The predicted molar refractivity (Wildman–Crippen MR) is 59.7 cm³/mol. The second kappa shape index (κ2) is 4.40. The molecule has 1 unspecified atom stereocenters. The van der Waals surface area contributed by atoms with E-state index in [0.29, 0.717) is 24.5 Å². The van der Waals surface area contributed by atoms with Gasteiger partial charge in [0.15, 0.2) is 0 Å². The first kappa shape index (κ1) is 10.8. The maximum Gasteiger partial charge on any atom is 0.337 e. The second-order valence-corrected chi connectivity index (χ2v) is 3.59. The lowest BCUT2D eigenvalue weighted by molar-refractivity contribution is 0.0600. The average Bonchev–Trinajstić information content (AvgIpc) is 2.36. The Kier molecular flexibility index (Phi) is 2.96. The van der Waals surface area contributed by atoms with Gasteiger partial charge in [-0.15, -0.1) is 0 Å². The van der Waals surface area contributed by atoms with Crippen LogP contribution >= 0.6 is 0 Å². The third-order valence-electron chi connectivity index (χ3n) is 2.49. The number of hydrogen-bond donors (Lipinski definition) is 2. The molecule has 0 radical (unpaired) electrons. The van der Waals surface area contributed by atoms with Crippen LogP contribution in [0, 0.1) is 0 Å². The van der Waals surface area contributed by atoms with Crippen molar-refractivity contribution in [2.45, 2.75) is 6.04 Å². The highest BCUT2D eigenvalue weighted by atomic mass is 16.5. The van der Waals surface area contributed by atoms with Crippen LogP contribution in [0.4, 0.5) is 5.69 Å². The Morgan fingerprint density at radius 2 is 2.50 bits per heavy atom. The summed E-state index contributed by atoms with van der Waals surface area (Å²) < 4.78 is 10.1. The molecule has 5 nitrogen and oxygen atoms in total. The molecule has 1 atom stereocenters. The first-order valence-electron chi connectivity index (χ1n) is 5.06. The van der Waals surface area contributed by atoms with Gasteiger partial charge in [0.25, 0.3) is 0 Å². The van der Waals surface area contributed by atoms with Crippen LogP contribution in [0.25, 0.3) is 0 Å². The molecule has 3 N–H and O–H groups in total. The van der Waals surface area contributed by atoms with E-state index < -0.39 is 0 Å². The van der Waals surface area contributed by atoms with Gasteiger partial charge in [-0.25, -0.2) is 4.79 Å². The molecule has 5 heteroatoms. The summed E-state index contributed by atoms with van der Waals surface area (Å²) >= 11 is 0. The molecular formula is C11H14N2O3. The molecule has 0 fully saturated rings. The second-order valence-electron chi connectivity index (χ2n) is 3.59. The Hall–Kier alpha value is -1.75. The van der Waals surface area contributed by atoms with E-state index in [9.17, 15) is 4.79 Å². The molecule has 1 aliphatic rings. The number of hydrogen-bond acceptors (Lipinski definition) is 5. The van der Waals surface area contributed by atoms with Crippen LogP contribution in [-0.4, -0.2) is 32.3 Å². The highest BCUT2D eigenvalue weighted by molar-refractivity contribution is 5.90. The molecule has 1 heterocycles. The van der Waals surface area contributed by atoms with Crippen LogP contribution in [0.2, 0.25) is 0 Å². The van der Waals surface area contributed by atoms with Crippen molar-refractivity contribution >= 4 is 11.7 Å². The summed E-state index contributed by atoms with van der Waals surface area (Å²) in [5.41, 5.74) is 6.88. The van der Waals surface area contributed by atoms with Gasteiger partial charge in [0.1, 0.15) is 12.4 Å². The highest BCUT2D eigenvalue weighted by Crippen LogP contribution is 2.29. The molecule has 86 valence electrons. The number of esters is 1. The molecule has 0 aromatic heterocycles. The SMILES string of the molecule is COC(=O)c1ccc2c(c1)OCC(CN)N2. The summed E-state index contributed by atoms with van der Waals surface area (Å²) in [5.74, 6) is 0.292. The van der Waals surface area contributed by atoms with Crippen LogP contribution in [0.3, 0.4) is 0 Å². The molecule has 1 aromatic rings. The Bertz CT molecular complexity index is 406. The van der Waals surface area contributed by atoms with Crippen molar-refractivity contribution in [3.8, 4) is 5.75 Å². The minimum atomic E-state index is -0.368. The van der Waals surface area contributed by atoms with Gasteiger partial charge in [0.05, 0.1) is 24.4 Å². The topological polar surface area (TPSA) is 73.6 Å². The van der Waals surface area contributed by atoms with Crippen molar-refractivity contribution in [1.82, 2.24) is 0 Å². The van der Waals surface area contributed by atoms with Crippen molar-refractivity contribution in [2.24, 2.45) is 5.73 Å². The van der Waals surface area contributed by atoms with E-state index in [1.165, 1.54) is 7.11 Å². The fourth-order valence-electron chi connectivity index (χ4n) is 1.58. The Morgan fingerprint density at radius 3 is 3.19 bits per heavy atom. The number of anilines is 1. The van der Waals surface area contributed by atoms with Gasteiger partial charge in [-0.1, -0.05) is 0 Å². The van der Waals surface area contributed by atoms with Crippen LogP contribution in [0.1, 0.15) is 10.4 Å². The van der Waals surface area contributed by atoms with E-state index >= 15 is 0 Å². The number of nitrogens with one attached hydrogen (secondary N) is 1. The fourth-order valence-corrected chi connectivity index (χ4v) is 1.58. The van der Waals surface area contributed by atoms with E-state index in [4.69, 9.17) is 10.5 Å². The van der Waals surface area contributed by atoms with Crippen LogP contribution in [-0.2, 0) is 4.74 Å². The molecule has 0 saturated heterocycles. The molecule has 0 aliphatic carbocycles. The number of rotatable bonds is 2. The van der Waals surface area contributed by atoms with Crippen molar-refractivity contribution in [3.05, 3.63) is 23.8 Å². The van der Waals surface area contributed by atoms with E-state index in [2.05, 4.69) is 10.1 Å². The van der Waals surface area contributed by atoms with Crippen molar-refractivity contribution < 1.29 is 14.3 Å². The number of methoxy groups -OCH3 is 1. The van der Waals surface area contributed by atoms with Gasteiger partial charge in [-0.3, -0.25) is 0 Å². The van der Waals surface area contributed by atoms with Crippen LogP contribution in [0.15, 0.2) is 18.2 Å². The summed E-state index contributed by atoms with van der Waals surface area (Å²) in [6.07, 6.45) is 0. The zero-order valence-corrected chi connectivity index (χ0v) is 9.03. The monoisotopic (exact) mass is 222 g/mol. The van der Waals surface area contributed by atoms with Gasteiger partial charge >= 0.3 is 5.97 Å². The Balaban J connectivity index is 2.24. The first-order chi connectivity index (χ1) is 7.74. The van der Waals surface area contributed by atoms with Gasteiger partial charge in [-0.2, -0.15) is 0 Å². The lowest BCUT2D eigenvalue weighted by Crippen LogP contribution is -2.37. The lowest BCUT2D eigenvalue weighted by atomic mass is 10.1. The molecule has 0 spiro atoms. The fraction of sp³-hybridized carbons (Fsp3) is 0.364. The molecule has 1 aromatic carbocycles. The van der Waals surface area contributed by atoms with Crippen molar-refractivity contribution in [2.75, 3.05) is 25.6 Å². The summed E-state index contributed by atoms with van der Waals surface area (Å²) in [5, 5.41) is 3.23. The van der Waals surface area contributed by atoms with Gasteiger partial charge in [0.2, 0.25) is 0 Å². The molecule has 16 heavy (non-hydrogen) atoms. The zero-order chi connectivity index (χ0) is 11.5. The average molecular weight is 222 g/mol. The molecule has 0 saturated carbocycles. The van der Waals surface area contributed by atoms with E-state index in [-0.39, 0.29) is 12.0 Å². The van der Waals surface area contributed by atoms with Gasteiger partial charge < -0.3 is 20.5 Å². The number of nitrogens with two attached hydrogens (primary N) is 1. The minimum Gasteiger partial charge on any atom is -0.489 e. The summed E-state index contributed by atoms with van der Waals surface area (Å²) in [7, 11) is 1.35. The van der Waals surface area contributed by atoms with Gasteiger partial charge in [0, 0.05) is 6.54 Å². The zero-order valence-electron chi connectivity index (χ0n) is 9.03. The summed E-state index contributed by atoms with van der Waals surface area (Å²) in [4.78, 5) is 11.3. The predicted octanol–water partition coefficient (Wildman–Crippen LogP) is 0.605. The maximum atomic E-state index is 11.3. The Labute approximate surface area is 93.5 Å². The molecule has 2 rings (SSSR count). The third kappa shape index (κ3) is 1.94. The molecule has 1 aliphatic heterocycles. The molecular weight excluding hydrogens is 208 g/mol. The standard InChI is InChI=1S/C11H14N2O3/c1-15-11(14)7-2-3-9-10(4-7)16-6-8(5-12)13-9/h2-4,8,13H,5-6,12H2,1H3. The number of benzene rings is 1. The third-order valence-corrected chi connectivity index (χ3v) is 2.49. The van der Waals surface area contributed by atoms with E-state index in [1.807, 2.05) is 0 Å². The normalized spacial score (nSPS) is 18.0. The first-order valence-corrected chi connectivity index (χ1v) is 5.06. The van der Waals surface area contributed by atoms with Crippen LogP contribution < -0.4 is 15.8 Å². The largest absolute Gasteiger partial charge is 0.489 e. The summed E-state index contributed by atoms with van der Waals surface area (Å²) in [6.45, 7) is 1.02. The number of ether oxygens (including phenoxy) is 2. The number of carbonyl (C=O) groups excluding carboxylic acids is 1. The van der Waals surface area contributed by atoms with Gasteiger partial charge in [-0.05, 0) is 18.2 Å². The maximum absolute atomic E-state index is 11.3. The van der Waals surface area contributed by atoms with Crippen LogP contribution in [0.5, 0.6) is 5.75 Å². The summed E-state index contributed by atoms with van der Waals surface area (Å²) in [6, 6.07) is 5.28. The number of carbonyl (C=O) groups is 1. The van der Waals surface area contributed by atoms with E-state index in [1.54, 1.807) is 18.2 Å². The smallest absolute Gasteiger partial charge is 0.337 e. The highest BCUT2D eigenvalue weighted by Gasteiger charge is 2.19. The van der Waals surface area contributed by atoms with E-state index in [0.717, 1.165) is 5.69 Å². The lowest BCUT2D eigenvalue weighted by Gasteiger charge is -2.26. The van der Waals surface area contributed by atoms with Crippen molar-refractivity contribution in [3.63, 3.8) is 0 Å². The van der Waals surface area contributed by atoms with Crippen molar-refractivity contribution in [1.29, 1.82) is 0 Å². The quantitative estimate of drug-likeness (QED) is 0.717. The number of fused-ring (bicyclic) bond motifs is 1. The molecule has 0 amide bonds.